The Hall–Kier alpha value is -1.92. The number of unbranched alkanes of at least 4 members (excludes halogenated alkanes) is 6. The highest BCUT2D eigenvalue weighted by molar-refractivity contribution is 7.75. The van der Waals surface area contributed by atoms with Crippen molar-refractivity contribution in [3.05, 3.63) is 87.5 Å². The van der Waals surface area contributed by atoms with Crippen molar-refractivity contribution in [2.24, 2.45) is 0 Å². The second-order valence-electron chi connectivity index (χ2n) is 39.1. The van der Waals surface area contributed by atoms with E-state index in [1.165, 1.54) is 182 Å². The molecule has 120 heavy (non-hydrogen) atoms. The Morgan fingerprint density at radius 3 is 0.592 bits per heavy atom. The first-order valence-corrected chi connectivity index (χ1v) is 50.3. The highest BCUT2D eigenvalue weighted by atomic mass is 32.1. The maximum atomic E-state index is 5.40. The standard InChI is InChI=1S/C18H32N2S2.C17H30N2S2.2C16H28N2S2.C15H26N2S2.C14H24N2S2/c1-6-11-20(12-7-2)13-9-8-10-19-15-14(18(3,4)5)16(21)17(15)22;1-6-11-19(7-2)12-9-8-10-18-14-13(17(3,4)5)15(20)16(14)21;1-6-10-18(5)11-8-7-9-17-13-12(16(2,3)4)14(19)15(13)20;1-6-18(7-2)11-9-8-10-17-13-12(16(3,4)5)14(19)15(13)20;1-6-17(5)10-8-7-9-16-12-11(15(2,3)4)13(18)14(12)19;1-14(2,3)10-11(13(18)12(10)17)15-8-6-7-9-16(4)5/h19H,6-13H2,1-5H3;18H,6-12H2,1-5H3;2*17H,6-11H2,1-5H3;16H,6-10H2,1-5H3;15H,6-9H2,1-5H3. The van der Waals surface area contributed by atoms with Gasteiger partial charge in [-0.3, -0.25) is 0 Å². The minimum Gasteiger partial charge on any atom is -0.384 e. The Morgan fingerprint density at radius 1 is 0.200 bits per heavy atom. The summed E-state index contributed by atoms with van der Waals surface area (Å²) in [5.41, 5.74) is 14.7. The van der Waals surface area contributed by atoms with Gasteiger partial charge >= 0.3 is 0 Å². The molecule has 0 heterocycles. The van der Waals surface area contributed by atoms with Crippen LogP contribution in [0.5, 0.6) is 0 Å². The third-order valence-corrected chi connectivity index (χ3v) is 27.2. The Kier molecular flexibility index (Phi) is 55.3. The molecule has 0 radical (unpaired) electrons. The molecule has 0 bridgehead atoms. The molecular formula is C96H168N12S12. The van der Waals surface area contributed by atoms with Gasteiger partial charge in [0.05, 0.1) is 88.2 Å². The van der Waals surface area contributed by atoms with E-state index < -0.39 is 0 Å². The second kappa shape index (κ2) is 57.2. The zero-order chi connectivity index (χ0) is 92.0. The number of hydrogen-bond acceptors (Lipinski definition) is 24. The van der Waals surface area contributed by atoms with E-state index >= 15 is 0 Å². The summed E-state index contributed by atoms with van der Waals surface area (Å²) in [6.07, 6.45) is 19.3. The van der Waals surface area contributed by atoms with E-state index in [1.807, 2.05) is 0 Å². The molecule has 0 saturated heterocycles. The summed E-state index contributed by atoms with van der Waals surface area (Å²) in [6, 6.07) is 0. The highest BCUT2D eigenvalue weighted by Gasteiger charge is 2.31. The van der Waals surface area contributed by atoms with E-state index in [4.69, 9.17) is 147 Å². The summed E-state index contributed by atoms with van der Waals surface area (Å²) in [7, 11) is 8.56. The third kappa shape index (κ3) is 39.2. The monoisotopic (exact) mass is 1870 g/mol. The molecule has 6 aromatic rings. The van der Waals surface area contributed by atoms with Gasteiger partial charge < -0.3 is 61.3 Å². The van der Waals surface area contributed by atoms with Crippen molar-refractivity contribution in [3.8, 4) is 0 Å². The molecule has 684 valence electrons. The molecule has 0 aromatic heterocycles. The van der Waals surface area contributed by atoms with Gasteiger partial charge in [-0.15, -0.1) is 0 Å². The van der Waals surface area contributed by atoms with Gasteiger partial charge in [0.25, 0.3) is 0 Å². The summed E-state index contributed by atoms with van der Waals surface area (Å²) >= 11 is 64.4. The molecule has 0 aliphatic rings. The molecule has 0 atom stereocenters. The summed E-state index contributed by atoms with van der Waals surface area (Å²) in [5.74, 6) is 0. The van der Waals surface area contributed by atoms with Gasteiger partial charge in [-0.05, 0) is 255 Å². The van der Waals surface area contributed by atoms with Crippen molar-refractivity contribution in [2.75, 3.05) is 191 Å². The first-order valence-electron chi connectivity index (χ1n) is 45.4. The molecule has 12 nitrogen and oxygen atoms in total. The SMILES string of the molecule is CCCN(C)CCCCNc1c(C(C)(C)C)c(=S)c1=S.CCCN(CC)CCCCNc1c(C(C)(C)C)c(=S)c1=S.CCCN(CCC)CCCCNc1c(C(C)(C)C)c(=S)c1=S.CCN(C)CCCCNc1c(C(C)(C)C)c(=S)c1=S.CCN(CC)CCCCNc1c(C(C)(C)C)c(=S)c1=S.CN(C)CCCCNc1c(C(C)(C)C)c(=S)c1=S. The lowest BCUT2D eigenvalue weighted by Gasteiger charge is -2.27. The fourth-order valence-corrected chi connectivity index (χ4v) is 19.5. The van der Waals surface area contributed by atoms with Crippen molar-refractivity contribution in [1.29, 1.82) is 0 Å². The molecule has 0 saturated carbocycles. The molecule has 0 spiro atoms. The molecule has 0 aliphatic carbocycles. The van der Waals surface area contributed by atoms with Crippen molar-refractivity contribution < 1.29 is 0 Å². The highest BCUT2D eigenvalue weighted by Crippen LogP contribution is 2.42. The van der Waals surface area contributed by atoms with Crippen LogP contribution in [0.2, 0.25) is 0 Å². The van der Waals surface area contributed by atoms with Crippen LogP contribution in [0.4, 0.5) is 34.1 Å². The van der Waals surface area contributed by atoms with Crippen LogP contribution in [-0.4, -0.2) is 188 Å². The molecule has 0 fully saturated rings. The molecule has 6 aromatic carbocycles. The van der Waals surface area contributed by atoms with Crippen LogP contribution in [0.1, 0.15) is 316 Å². The largest absolute Gasteiger partial charge is 0.384 e. The lowest BCUT2D eigenvalue weighted by atomic mass is 9.83. The van der Waals surface area contributed by atoms with E-state index in [2.05, 4.69) is 270 Å². The summed E-state index contributed by atoms with van der Waals surface area (Å²) in [6.45, 7) is 79.6. The first kappa shape index (κ1) is 116. The molecule has 24 heteroatoms. The fourth-order valence-electron chi connectivity index (χ4n) is 14.8. The quantitative estimate of drug-likeness (QED) is 0.0162. The third-order valence-electron chi connectivity index (χ3n) is 21.5. The number of nitrogens with one attached hydrogen (secondary N) is 6. The molecule has 0 aliphatic heterocycles. The zero-order valence-electron chi connectivity index (χ0n) is 81.0. The number of anilines is 6. The molecule has 0 amide bonds. The van der Waals surface area contributed by atoms with Crippen LogP contribution in [0.25, 0.3) is 0 Å². The van der Waals surface area contributed by atoms with Gasteiger partial charge in [-0.1, -0.05) is 327 Å². The Bertz CT molecular complexity index is 4390. The Balaban J connectivity index is 0.000000721. The fraction of sp³-hybridized carbons (Fsp3) is 0.750. The van der Waals surface area contributed by atoms with Gasteiger partial charge in [0.1, 0.15) is 0 Å². The summed E-state index contributed by atoms with van der Waals surface area (Å²) in [4.78, 5) is 14.5. The van der Waals surface area contributed by atoms with Gasteiger partial charge in [-0.25, -0.2) is 0 Å². The van der Waals surface area contributed by atoms with E-state index in [0.29, 0.717) is 0 Å². The Labute approximate surface area is 796 Å². The lowest BCUT2D eigenvalue weighted by Crippen LogP contribution is -2.27. The normalized spacial score (nSPS) is 12.3. The summed E-state index contributed by atoms with van der Waals surface area (Å²) in [5, 5.41) is 21.0. The van der Waals surface area contributed by atoms with Crippen molar-refractivity contribution >= 4 is 181 Å². The van der Waals surface area contributed by atoms with Crippen LogP contribution in [0, 0.1) is 54.1 Å². The van der Waals surface area contributed by atoms with Crippen molar-refractivity contribution in [1.82, 2.24) is 29.4 Å². The zero-order valence-corrected chi connectivity index (χ0v) is 90.8. The van der Waals surface area contributed by atoms with Gasteiger partial charge in [-0.2, -0.15) is 0 Å². The van der Waals surface area contributed by atoms with Crippen LogP contribution in [0.3, 0.4) is 0 Å². The van der Waals surface area contributed by atoms with Gasteiger partial charge in [0.2, 0.25) is 0 Å². The predicted molar refractivity (Wildman–Crippen MR) is 568 cm³/mol. The van der Waals surface area contributed by atoms with E-state index in [0.717, 1.165) is 173 Å². The van der Waals surface area contributed by atoms with E-state index in [9.17, 15) is 0 Å². The van der Waals surface area contributed by atoms with Crippen molar-refractivity contribution in [2.45, 2.75) is 315 Å². The molecule has 0 unspecified atom stereocenters. The smallest absolute Gasteiger partial charge is 0.0796 e. The van der Waals surface area contributed by atoms with Crippen LogP contribution < -0.4 is 31.9 Å². The molecule has 6 N–H and O–H groups in total. The number of rotatable bonds is 48. The minimum absolute atomic E-state index is 0.0841. The van der Waals surface area contributed by atoms with Crippen molar-refractivity contribution in [3.63, 3.8) is 0 Å². The van der Waals surface area contributed by atoms with E-state index in [1.54, 1.807) is 0 Å². The predicted octanol–water partition coefficient (Wildman–Crippen LogP) is 29.1. The van der Waals surface area contributed by atoms with Crippen LogP contribution >= 0.6 is 147 Å². The number of nitrogens with zero attached hydrogens (tertiary/aromatic N) is 6. The second-order valence-corrected chi connectivity index (χ2v) is 44.0. The maximum Gasteiger partial charge on any atom is 0.0796 e. The summed E-state index contributed by atoms with van der Waals surface area (Å²) < 4.78 is 10.5. The number of hydrogen-bond donors (Lipinski definition) is 6. The van der Waals surface area contributed by atoms with E-state index in [-0.39, 0.29) is 32.5 Å². The minimum atomic E-state index is 0.0841. The average Bonchev–Trinajstić information content (AvgIpc) is 0.794. The average molecular weight is 1880 g/mol. The van der Waals surface area contributed by atoms with Crippen LogP contribution in [-0.2, 0) is 32.5 Å². The van der Waals surface area contributed by atoms with Gasteiger partial charge in [0.15, 0.2) is 0 Å². The topological polar surface area (TPSA) is 91.6 Å². The maximum absolute atomic E-state index is 5.40. The lowest BCUT2D eigenvalue weighted by molar-refractivity contribution is 0.270. The Morgan fingerprint density at radius 2 is 0.392 bits per heavy atom. The van der Waals surface area contributed by atoms with Crippen LogP contribution in [0.15, 0.2) is 0 Å². The van der Waals surface area contributed by atoms with Gasteiger partial charge in [0, 0.05) is 72.6 Å². The molecule has 6 rings (SSSR count). The molecular weight excluding hydrogens is 1710 g/mol. The first-order chi connectivity index (χ1) is 55.8.